The molecule has 0 unspecified atom stereocenters. The van der Waals surface area contributed by atoms with Crippen LogP contribution in [-0.4, -0.2) is 10.0 Å². The SMILES string of the molecule is c1ccc([P+]2(c3ccccc3)Nc3cccc(c3)CN3Cc4cccc(c4)N[P+](c4ccccc4)(c4ccccc4)C2[P+](c2ccccc2)(c2ccccc2)Nc2cccc(c2)C3)cc1. The zero-order valence-electron chi connectivity index (χ0n) is 36.2. The molecule has 4 nitrogen and oxygen atoms in total. The first kappa shape index (κ1) is 41.3. The Kier molecular flexibility index (Phi) is 11.4. The Morgan fingerprint density at radius 1 is 0.277 bits per heavy atom. The zero-order valence-corrected chi connectivity index (χ0v) is 38.9. The van der Waals surface area contributed by atoms with E-state index in [2.05, 4.69) is 260 Å². The van der Waals surface area contributed by atoms with Gasteiger partial charge in [0.05, 0.1) is 17.1 Å². The van der Waals surface area contributed by atoms with Crippen molar-refractivity contribution >= 4 is 71.1 Å². The van der Waals surface area contributed by atoms with Gasteiger partial charge in [-0.25, -0.2) is 15.3 Å². The summed E-state index contributed by atoms with van der Waals surface area (Å²) in [6.45, 7) is 2.39. The zero-order chi connectivity index (χ0) is 43.5. The van der Waals surface area contributed by atoms with Crippen LogP contribution in [0.15, 0.2) is 255 Å². The smallest absolute Gasteiger partial charge is 0.291 e. The quantitative estimate of drug-likeness (QED) is 0.145. The fourth-order valence-electron chi connectivity index (χ4n) is 10.3. The molecule has 8 bridgehead atoms. The summed E-state index contributed by atoms with van der Waals surface area (Å²) >= 11 is 0. The van der Waals surface area contributed by atoms with Gasteiger partial charge in [-0.2, -0.15) is 0 Å². The lowest BCUT2D eigenvalue weighted by Crippen LogP contribution is -2.51. The molecule has 9 aromatic rings. The molecule has 0 amide bonds. The van der Waals surface area contributed by atoms with E-state index in [4.69, 9.17) is 15.3 Å². The highest BCUT2D eigenvalue weighted by molar-refractivity contribution is 8.20. The molecule has 9 aromatic carbocycles. The second kappa shape index (κ2) is 17.9. The molecule has 0 saturated heterocycles. The van der Waals surface area contributed by atoms with Crippen LogP contribution in [0.25, 0.3) is 0 Å². The second-order valence-corrected chi connectivity index (χ2v) is 28.0. The normalized spacial score (nSPS) is 18.1. The molecule has 3 aliphatic heterocycles. The molecular formula is C58H52N4P3+3. The van der Waals surface area contributed by atoms with E-state index < -0.39 is 22.2 Å². The second-order valence-electron chi connectivity index (χ2n) is 17.1. The molecule has 0 atom stereocenters. The number of fused-ring (bicyclic) bond motifs is 3. The van der Waals surface area contributed by atoms with Gasteiger partial charge < -0.3 is 0 Å². The Morgan fingerprint density at radius 2 is 0.508 bits per heavy atom. The van der Waals surface area contributed by atoms with E-state index in [1.54, 1.807) is 0 Å². The van der Waals surface area contributed by atoms with Gasteiger partial charge in [0.15, 0.2) is 0 Å². The van der Waals surface area contributed by atoms with Crippen LogP contribution in [0.3, 0.4) is 0 Å². The lowest BCUT2D eigenvalue weighted by Gasteiger charge is -2.45. The van der Waals surface area contributed by atoms with Crippen molar-refractivity contribution in [1.82, 2.24) is 4.90 Å². The fraction of sp³-hybridized carbons (Fsp3) is 0.0690. The summed E-state index contributed by atoms with van der Waals surface area (Å²) in [7, 11) is -9.08. The van der Waals surface area contributed by atoms with E-state index in [1.165, 1.54) is 48.5 Å². The third-order valence-electron chi connectivity index (χ3n) is 12.9. The van der Waals surface area contributed by atoms with Crippen LogP contribution >= 0.6 is 22.2 Å². The highest BCUT2D eigenvalue weighted by Crippen LogP contribution is 2.90. The maximum atomic E-state index is 4.70. The van der Waals surface area contributed by atoms with Crippen molar-refractivity contribution in [3.63, 3.8) is 0 Å². The summed E-state index contributed by atoms with van der Waals surface area (Å²) in [5.74, 6) is 0. The van der Waals surface area contributed by atoms with Crippen LogP contribution in [0, 0.1) is 0 Å². The first-order valence-corrected chi connectivity index (χ1v) is 28.0. The van der Waals surface area contributed by atoms with Crippen molar-refractivity contribution in [3.05, 3.63) is 271 Å². The summed E-state index contributed by atoms with van der Waals surface area (Å²) in [6, 6.07) is 97.0. The minimum atomic E-state index is -3.03. The Morgan fingerprint density at radius 3 is 0.738 bits per heavy atom. The predicted octanol–water partition coefficient (Wildman–Crippen LogP) is 12.2. The van der Waals surface area contributed by atoms with Crippen molar-refractivity contribution in [2.75, 3.05) is 15.3 Å². The van der Waals surface area contributed by atoms with Crippen LogP contribution in [0.5, 0.6) is 0 Å². The maximum absolute atomic E-state index is 4.70. The molecule has 3 aliphatic rings. The Bertz CT molecular complexity index is 2560. The van der Waals surface area contributed by atoms with E-state index in [1.807, 2.05) is 0 Å². The standard InChI is InChI=1S/C58H52N4P3/c1-7-28-52(29-8-1)63(53-30-9-2-10-31-53)58-64(54-32-11-3-12-33-54,55-34-13-4-14-35-55)60-50-26-20-23-47(41-50)44-62(43-46-22-19-25-49(40-46)59-63)45-48-24-21-27-51(42-48)61-65(58,56-36-15-5-16-37-56)57-38-17-6-18-39-57/h1-42,58-61H,43-45H2/q+3. The first-order valence-electron chi connectivity index (χ1n) is 22.5. The third kappa shape index (κ3) is 7.66. The fourth-order valence-corrected chi connectivity index (χ4v) is 31.5. The summed E-state index contributed by atoms with van der Waals surface area (Å²) in [4.78, 5) is 2.60. The number of rotatable bonds is 6. The Labute approximate surface area is 385 Å². The summed E-state index contributed by atoms with van der Waals surface area (Å²) in [5, 5.41) is 21.7. The molecule has 65 heavy (non-hydrogen) atoms. The van der Waals surface area contributed by atoms with E-state index in [-0.39, 0.29) is 5.14 Å². The molecule has 0 saturated carbocycles. The average Bonchev–Trinajstić information content (AvgIpc) is 3.37. The highest BCUT2D eigenvalue weighted by Gasteiger charge is 2.81. The molecule has 0 fully saturated rings. The molecule has 7 heteroatoms. The van der Waals surface area contributed by atoms with Crippen molar-refractivity contribution in [2.24, 2.45) is 0 Å². The van der Waals surface area contributed by atoms with Gasteiger partial charge in [-0.3, -0.25) is 4.90 Å². The van der Waals surface area contributed by atoms with E-state index in [9.17, 15) is 0 Å². The molecule has 12 rings (SSSR count). The average molecular weight is 898 g/mol. The first-order chi connectivity index (χ1) is 32.1. The lowest BCUT2D eigenvalue weighted by molar-refractivity contribution is 0.248. The van der Waals surface area contributed by atoms with Gasteiger partial charge in [0.2, 0.25) is 0 Å². The number of benzene rings is 9. The minimum absolute atomic E-state index is 0.180. The summed E-state index contributed by atoms with van der Waals surface area (Å²) in [6.07, 6.45) is 0. The topological polar surface area (TPSA) is 39.3 Å². The molecule has 0 aliphatic carbocycles. The van der Waals surface area contributed by atoms with Gasteiger partial charge in [0.1, 0.15) is 31.8 Å². The van der Waals surface area contributed by atoms with Gasteiger partial charge in [-0.15, -0.1) is 0 Å². The number of nitrogens with one attached hydrogen (secondary N) is 3. The van der Waals surface area contributed by atoms with Crippen molar-refractivity contribution < 1.29 is 0 Å². The number of anilines is 3. The van der Waals surface area contributed by atoms with Crippen LogP contribution in [0.1, 0.15) is 16.7 Å². The van der Waals surface area contributed by atoms with E-state index in [0.717, 1.165) is 36.7 Å². The van der Waals surface area contributed by atoms with Gasteiger partial charge in [-0.05, 0) is 126 Å². The monoisotopic (exact) mass is 897 g/mol. The Balaban J connectivity index is 1.46. The van der Waals surface area contributed by atoms with Crippen LogP contribution < -0.4 is 47.1 Å². The molecule has 0 radical (unpaired) electrons. The van der Waals surface area contributed by atoms with Gasteiger partial charge in [0, 0.05) is 19.6 Å². The third-order valence-corrected chi connectivity index (χ3v) is 29.8. The lowest BCUT2D eigenvalue weighted by atomic mass is 10.1. The van der Waals surface area contributed by atoms with Crippen LogP contribution in [-0.2, 0) is 19.6 Å². The minimum Gasteiger partial charge on any atom is -0.291 e. The van der Waals surface area contributed by atoms with Gasteiger partial charge in [0.25, 0.3) is 22.2 Å². The number of nitrogens with zero attached hydrogens (tertiary/aromatic N) is 1. The summed E-state index contributed by atoms with van der Waals surface area (Å²) in [5.41, 5.74) is 7.21. The van der Waals surface area contributed by atoms with Crippen LogP contribution in [0.4, 0.5) is 17.1 Å². The van der Waals surface area contributed by atoms with Gasteiger partial charge >= 0.3 is 5.14 Å². The molecule has 0 spiro atoms. The van der Waals surface area contributed by atoms with E-state index >= 15 is 0 Å². The summed E-state index contributed by atoms with van der Waals surface area (Å²) < 4.78 is 0. The maximum Gasteiger partial charge on any atom is 0.342 e. The molecule has 3 heterocycles. The molecular weight excluding hydrogens is 846 g/mol. The van der Waals surface area contributed by atoms with Crippen LogP contribution in [0.2, 0.25) is 0 Å². The molecule has 0 aromatic heterocycles. The number of hydrogen-bond acceptors (Lipinski definition) is 4. The number of hydrogen-bond donors (Lipinski definition) is 3. The van der Waals surface area contributed by atoms with E-state index in [0.29, 0.717) is 0 Å². The molecule has 316 valence electrons. The van der Waals surface area contributed by atoms with Crippen molar-refractivity contribution in [1.29, 1.82) is 0 Å². The largest absolute Gasteiger partial charge is 0.342 e. The predicted molar refractivity (Wildman–Crippen MR) is 284 cm³/mol. The van der Waals surface area contributed by atoms with Crippen molar-refractivity contribution in [3.8, 4) is 0 Å². The van der Waals surface area contributed by atoms with Gasteiger partial charge in [-0.1, -0.05) is 146 Å². The van der Waals surface area contributed by atoms with Crippen molar-refractivity contribution in [2.45, 2.75) is 24.8 Å². The highest BCUT2D eigenvalue weighted by atomic mass is 31.3. The molecule has 3 N–H and O–H groups in total. The Hall–Kier alpha value is -6.37.